The Labute approximate surface area is 131 Å². The molecular weight excluding hydrogens is 306 g/mol. The van der Waals surface area contributed by atoms with Crippen molar-refractivity contribution in [2.45, 2.75) is 20.4 Å². The minimum Gasteiger partial charge on any atom is -0.345 e. The minimum absolute atomic E-state index is 0.00186. The maximum atomic E-state index is 13.0. The fraction of sp³-hybridized carbons (Fsp3) is 0.267. The highest BCUT2D eigenvalue weighted by atomic mass is 19.2. The SMILES string of the molecule is Cc1cc(C)n(CC(=O)NCC(=O)Nc2ccc(F)c(F)c2)n1. The molecule has 0 aliphatic carbocycles. The summed E-state index contributed by atoms with van der Waals surface area (Å²) in [7, 11) is 0. The standard InChI is InChI=1S/C15H16F2N4O2/c1-9-5-10(2)21(20-9)8-15(23)18-7-14(22)19-11-3-4-12(16)13(17)6-11/h3-6H,7-8H2,1-2H3,(H,18,23)(H,19,22). The molecule has 2 aromatic rings. The number of carbonyl (C=O) groups is 2. The smallest absolute Gasteiger partial charge is 0.243 e. The number of aromatic nitrogens is 2. The third-order valence-corrected chi connectivity index (χ3v) is 3.05. The van der Waals surface area contributed by atoms with Gasteiger partial charge in [-0.15, -0.1) is 0 Å². The molecule has 0 fully saturated rings. The van der Waals surface area contributed by atoms with Gasteiger partial charge in [0.15, 0.2) is 11.6 Å². The quantitative estimate of drug-likeness (QED) is 0.876. The lowest BCUT2D eigenvalue weighted by molar-refractivity contribution is -0.124. The summed E-state index contributed by atoms with van der Waals surface area (Å²) in [4.78, 5) is 23.4. The Kier molecular flexibility index (Phi) is 5.05. The van der Waals surface area contributed by atoms with Crippen molar-refractivity contribution < 1.29 is 18.4 Å². The molecule has 2 rings (SSSR count). The highest BCUT2D eigenvalue weighted by Crippen LogP contribution is 2.12. The molecule has 23 heavy (non-hydrogen) atoms. The average molecular weight is 322 g/mol. The average Bonchev–Trinajstić information content (AvgIpc) is 2.79. The van der Waals surface area contributed by atoms with Gasteiger partial charge in [0.2, 0.25) is 11.8 Å². The number of carbonyl (C=O) groups excluding carboxylic acids is 2. The van der Waals surface area contributed by atoms with Gasteiger partial charge in [0.05, 0.1) is 12.2 Å². The van der Waals surface area contributed by atoms with Crippen LogP contribution in [-0.2, 0) is 16.1 Å². The van der Waals surface area contributed by atoms with Crippen LogP contribution in [0.1, 0.15) is 11.4 Å². The predicted molar refractivity (Wildman–Crippen MR) is 79.7 cm³/mol. The van der Waals surface area contributed by atoms with Crippen LogP contribution in [0.2, 0.25) is 0 Å². The highest BCUT2D eigenvalue weighted by molar-refractivity contribution is 5.94. The normalized spacial score (nSPS) is 10.4. The van der Waals surface area contributed by atoms with Gasteiger partial charge in [0.25, 0.3) is 0 Å². The van der Waals surface area contributed by atoms with Gasteiger partial charge < -0.3 is 10.6 Å². The number of halogens is 2. The zero-order valence-corrected chi connectivity index (χ0v) is 12.7. The molecule has 0 unspecified atom stereocenters. The van der Waals surface area contributed by atoms with E-state index in [2.05, 4.69) is 15.7 Å². The van der Waals surface area contributed by atoms with E-state index in [1.807, 2.05) is 19.9 Å². The van der Waals surface area contributed by atoms with Crippen LogP contribution in [0.4, 0.5) is 14.5 Å². The largest absolute Gasteiger partial charge is 0.345 e. The monoisotopic (exact) mass is 322 g/mol. The fourth-order valence-electron chi connectivity index (χ4n) is 1.98. The van der Waals surface area contributed by atoms with Gasteiger partial charge in [-0.1, -0.05) is 0 Å². The second-order valence-corrected chi connectivity index (χ2v) is 5.04. The third kappa shape index (κ3) is 4.60. The zero-order chi connectivity index (χ0) is 17.0. The number of amides is 2. The first-order valence-corrected chi connectivity index (χ1v) is 6.88. The highest BCUT2D eigenvalue weighted by Gasteiger charge is 2.10. The van der Waals surface area contributed by atoms with E-state index in [1.54, 1.807) is 0 Å². The molecule has 0 aliphatic heterocycles. The van der Waals surface area contributed by atoms with Crippen molar-refractivity contribution in [1.82, 2.24) is 15.1 Å². The summed E-state index contributed by atoms with van der Waals surface area (Å²) < 4.78 is 27.3. The zero-order valence-electron chi connectivity index (χ0n) is 12.7. The number of aryl methyl sites for hydroxylation is 2. The summed E-state index contributed by atoms with van der Waals surface area (Å²) in [5.74, 6) is -2.98. The van der Waals surface area contributed by atoms with Crippen LogP contribution in [0.25, 0.3) is 0 Å². The Morgan fingerprint density at radius 3 is 2.48 bits per heavy atom. The Morgan fingerprint density at radius 1 is 1.13 bits per heavy atom. The van der Waals surface area contributed by atoms with Crippen molar-refractivity contribution in [1.29, 1.82) is 0 Å². The molecule has 122 valence electrons. The first-order chi connectivity index (χ1) is 10.8. The van der Waals surface area contributed by atoms with E-state index in [0.717, 1.165) is 23.5 Å². The summed E-state index contributed by atoms with van der Waals surface area (Å²) in [5, 5.41) is 8.94. The maximum Gasteiger partial charge on any atom is 0.243 e. The van der Waals surface area contributed by atoms with E-state index >= 15 is 0 Å². The Morgan fingerprint density at radius 2 is 1.87 bits per heavy atom. The lowest BCUT2D eigenvalue weighted by Crippen LogP contribution is -2.35. The number of nitrogens with one attached hydrogen (secondary N) is 2. The number of anilines is 1. The van der Waals surface area contributed by atoms with E-state index in [1.165, 1.54) is 10.7 Å². The second-order valence-electron chi connectivity index (χ2n) is 5.04. The molecule has 0 aliphatic rings. The van der Waals surface area contributed by atoms with Crippen molar-refractivity contribution in [3.63, 3.8) is 0 Å². The third-order valence-electron chi connectivity index (χ3n) is 3.05. The number of hydrogen-bond donors (Lipinski definition) is 2. The summed E-state index contributed by atoms with van der Waals surface area (Å²) in [6, 6.07) is 4.84. The fourth-order valence-corrected chi connectivity index (χ4v) is 1.98. The van der Waals surface area contributed by atoms with Gasteiger partial charge in [-0.05, 0) is 32.0 Å². The Balaban J connectivity index is 1.82. The van der Waals surface area contributed by atoms with Crippen LogP contribution < -0.4 is 10.6 Å². The summed E-state index contributed by atoms with van der Waals surface area (Å²) in [6.07, 6.45) is 0. The van der Waals surface area contributed by atoms with Crippen LogP contribution in [-0.4, -0.2) is 28.1 Å². The molecule has 1 aromatic heterocycles. The van der Waals surface area contributed by atoms with Crippen LogP contribution in [0.5, 0.6) is 0 Å². The molecule has 0 saturated carbocycles. The summed E-state index contributed by atoms with van der Waals surface area (Å²) >= 11 is 0. The minimum atomic E-state index is -1.06. The molecule has 0 bridgehead atoms. The predicted octanol–water partition coefficient (Wildman–Crippen LogP) is 1.53. The van der Waals surface area contributed by atoms with Crippen molar-refractivity contribution in [3.8, 4) is 0 Å². The van der Waals surface area contributed by atoms with Crippen LogP contribution in [0.3, 0.4) is 0 Å². The van der Waals surface area contributed by atoms with Gasteiger partial charge in [-0.2, -0.15) is 5.10 Å². The second kappa shape index (κ2) is 6.99. The Bertz CT molecular complexity index is 743. The van der Waals surface area contributed by atoms with Gasteiger partial charge in [-0.3, -0.25) is 14.3 Å². The van der Waals surface area contributed by atoms with Crippen molar-refractivity contribution in [2.24, 2.45) is 0 Å². The van der Waals surface area contributed by atoms with Crippen LogP contribution >= 0.6 is 0 Å². The lowest BCUT2D eigenvalue weighted by Gasteiger charge is -2.08. The molecule has 0 atom stereocenters. The number of nitrogens with zero attached hydrogens (tertiary/aromatic N) is 2. The van der Waals surface area contributed by atoms with Gasteiger partial charge in [-0.25, -0.2) is 8.78 Å². The molecule has 2 amide bonds. The molecule has 1 aromatic carbocycles. The first-order valence-electron chi connectivity index (χ1n) is 6.88. The van der Waals surface area contributed by atoms with Gasteiger partial charge in [0, 0.05) is 17.4 Å². The number of hydrogen-bond acceptors (Lipinski definition) is 3. The van der Waals surface area contributed by atoms with Crippen LogP contribution in [0.15, 0.2) is 24.3 Å². The molecule has 1 heterocycles. The summed E-state index contributed by atoms with van der Waals surface area (Å²) in [5.41, 5.74) is 1.75. The maximum absolute atomic E-state index is 13.0. The molecule has 6 nitrogen and oxygen atoms in total. The van der Waals surface area contributed by atoms with Crippen molar-refractivity contribution >= 4 is 17.5 Å². The van der Waals surface area contributed by atoms with Crippen molar-refractivity contribution in [2.75, 3.05) is 11.9 Å². The topological polar surface area (TPSA) is 76.0 Å². The summed E-state index contributed by atoms with van der Waals surface area (Å²) in [6.45, 7) is 3.36. The van der Waals surface area contributed by atoms with E-state index < -0.39 is 17.5 Å². The molecular formula is C15H16F2N4O2. The molecule has 0 saturated heterocycles. The van der Waals surface area contributed by atoms with E-state index in [9.17, 15) is 18.4 Å². The van der Waals surface area contributed by atoms with E-state index in [4.69, 9.17) is 0 Å². The first kappa shape index (κ1) is 16.6. The number of benzene rings is 1. The molecule has 0 spiro atoms. The van der Waals surface area contributed by atoms with E-state index in [-0.39, 0.29) is 24.7 Å². The molecule has 2 N–H and O–H groups in total. The van der Waals surface area contributed by atoms with E-state index in [0.29, 0.717) is 0 Å². The lowest BCUT2D eigenvalue weighted by atomic mass is 10.3. The van der Waals surface area contributed by atoms with Crippen LogP contribution in [0, 0.1) is 25.5 Å². The van der Waals surface area contributed by atoms with Crippen molar-refractivity contribution in [3.05, 3.63) is 47.3 Å². The molecule has 0 radical (unpaired) electrons. The van der Waals surface area contributed by atoms with Gasteiger partial charge in [0.1, 0.15) is 6.54 Å². The Hall–Kier alpha value is -2.77. The van der Waals surface area contributed by atoms with Gasteiger partial charge >= 0.3 is 0 Å². The molecule has 8 heteroatoms. The number of rotatable bonds is 5.